The fraction of sp³-hybridized carbons (Fsp3) is 0.0833. The van der Waals surface area contributed by atoms with Gasteiger partial charge in [-0.25, -0.2) is 0 Å². The van der Waals surface area contributed by atoms with E-state index >= 15 is 0 Å². The SMILES string of the molecule is Cc1c[nH]c(=O)c(-c2ccc(Cl)c(Cl)c2Cl)c1. The van der Waals surface area contributed by atoms with E-state index in [0.29, 0.717) is 16.1 Å². The van der Waals surface area contributed by atoms with Crippen LogP contribution in [0.5, 0.6) is 0 Å². The number of benzene rings is 1. The number of rotatable bonds is 1. The van der Waals surface area contributed by atoms with Crippen molar-refractivity contribution in [3.63, 3.8) is 0 Å². The summed E-state index contributed by atoms with van der Waals surface area (Å²) in [6, 6.07) is 5.05. The molecule has 0 bridgehead atoms. The van der Waals surface area contributed by atoms with E-state index in [1.54, 1.807) is 24.4 Å². The Labute approximate surface area is 113 Å². The van der Waals surface area contributed by atoms with Gasteiger partial charge in [-0.15, -0.1) is 0 Å². The molecule has 0 saturated heterocycles. The number of nitrogens with one attached hydrogen (secondary N) is 1. The Kier molecular flexibility index (Phi) is 3.48. The maximum atomic E-state index is 11.7. The average molecular weight is 289 g/mol. The van der Waals surface area contributed by atoms with Gasteiger partial charge in [0.25, 0.3) is 5.56 Å². The number of aryl methyl sites for hydroxylation is 1. The Hall–Kier alpha value is -0.960. The van der Waals surface area contributed by atoms with Crippen LogP contribution in [0.2, 0.25) is 15.1 Å². The lowest BCUT2D eigenvalue weighted by Crippen LogP contribution is -2.08. The number of H-pyrrole nitrogens is 1. The highest BCUT2D eigenvalue weighted by Crippen LogP contribution is 2.36. The minimum Gasteiger partial charge on any atom is -0.328 e. The molecule has 0 amide bonds. The quantitative estimate of drug-likeness (QED) is 0.779. The summed E-state index contributed by atoms with van der Waals surface area (Å²) in [5, 5.41) is 0.909. The summed E-state index contributed by atoms with van der Waals surface area (Å²) in [6.45, 7) is 1.88. The van der Waals surface area contributed by atoms with Crippen molar-refractivity contribution in [2.75, 3.05) is 0 Å². The lowest BCUT2D eigenvalue weighted by molar-refractivity contribution is 1.20. The first-order valence-electron chi connectivity index (χ1n) is 4.84. The fourth-order valence-electron chi connectivity index (χ4n) is 1.53. The van der Waals surface area contributed by atoms with E-state index < -0.39 is 0 Å². The van der Waals surface area contributed by atoms with Crippen molar-refractivity contribution in [1.82, 2.24) is 4.98 Å². The molecule has 2 aromatic rings. The minimum atomic E-state index is -0.212. The van der Waals surface area contributed by atoms with Crippen LogP contribution in [-0.4, -0.2) is 4.98 Å². The van der Waals surface area contributed by atoms with E-state index in [-0.39, 0.29) is 15.6 Å². The van der Waals surface area contributed by atoms with Crippen LogP contribution in [0.1, 0.15) is 5.56 Å². The van der Waals surface area contributed by atoms with Crippen LogP contribution in [0.4, 0.5) is 0 Å². The van der Waals surface area contributed by atoms with Crippen LogP contribution in [0, 0.1) is 6.92 Å². The first kappa shape index (κ1) is 12.5. The van der Waals surface area contributed by atoms with Gasteiger partial charge in [0.15, 0.2) is 0 Å². The van der Waals surface area contributed by atoms with E-state index in [9.17, 15) is 4.79 Å². The van der Waals surface area contributed by atoms with E-state index in [1.807, 2.05) is 6.92 Å². The van der Waals surface area contributed by atoms with Gasteiger partial charge in [-0.3, -0.25) is 4.79 Å². The maximum absolute atomic E-state index is 11.7. The Morgan fingerprint density at radius 1 is 1.06 bits per heavy atom. The zero-order valence-corrected chi connectivity index (χ0v) is 11.1. The number of aromatic nitrogens is 1. The molecule has 0 aliphatic carbocycles. The van der Waals surface area contributed by atoms with Gasteiger partial charge >= 0.3 is 0 Å². The van der Waals surface area contributed by atoms with Gasteiger partial charge in [0.2, 0.25) is 0 Å². The predicted molar refractivity (Wildman–Crippen MR) is 72.3 cm³/mol. The molecule has 0 atom stereocenters. The van der Waals surface area contributed by atoms with Crippen LogP contribution in [0.15, 0.2) is 29.2 Å². The third-order valence-electron chi connectivity index (χ3n) is 2.37. The topological polar surface area (TPSA) is 32.9 Å². The lowest BCUT2D eigenvalue weighted by Gasteiger charge is -2.07. The molecule has 0 saturated carbocycles. The summed E-state index contributed by atoms with van der Waals surface area (Å²) in [4.78, 5) is 14.4. The summed E-state index contributed by atoms with van der Waals surface area (Å²) in [6.07, 6.45) is 1.64. The molecule has 0 radical (unpaired) electrons. The van der Waals surface area contributed by atoms with Gasteiger partial charge < -0.3 is 4.98 Å². The molecular formula is C12H8Cl3NO. The number of halogens is 3. The van der Waals surface area contributed by atoms with Crippen LogP contribution in [-0.2, 0) is 0 Å². The molecule has 0 aliphatic rings. The van der Waals surface area contributed by atoms with Crippen molar-refractivity contribution in [3.05, 3.63) is 55.4 Å². The van der Waals surface area contributed by atoms with Crippen molar-refractivity contribution < 1.29 is 0 Å². The molecule has 0 spiro atoms. The molecule has 1 heterocycles. The molecule has 5 heteroatoms. The molecule has 0 aliphatic heterocycles. The van der Waals surface area contributed by atoms with E-state index in [4.69, 9.17) is 34.8 Å². The van der Waals surface area contributed by atoms with Crippen LogP contribution in [0.3, 0.4) is 0 Å². The third kappa shape index (κ3) is 2.34. The highest BCUT2D eigenvalue weighted by molar-refractivity contribution is 6.49. The molecule has 2 nitrogen and oxygen atoms in total. The first-order valence-corrected chi connectivity index (χ1v) is 5.97. The minimum absolute atomic E-state index is 0.212. The van der Waals surface area contributed by atoms with Crippen molar-refractivity contribution >= 4 is 34.8 Å². The van der Waals surface area contributed by atoms with Crippen molar-refractivity contribution in [2.45, 2.75) is 6.92 Å². The Morgan fingerprint density at radius 2 is 1.76 bits per heavy atom. The zero-order valence-electron chi connectivity index (χ0n) is 8.85. The molecule has 1 aromatic heterocycles. The van der Waals surface area contributed by atoms with Crippen LogP contribution in [0.25, 0.3) is 11.1 Å². The molecule has 0 fully saturated rings. The maximum Gasteiger partial charge on any atom is 0.255 e. The molecule has 88 valence electrons. The molecule has 0 unspecified atom stereocenters. The number of hydrogen-bond donors (Lipinski definition) is 1. The van der Waals surface area contributed by atoms with Gasteiger partial charge in [0.1, 0.15) is 0 Å². The predicted octanol–water partition coefficient (Wildman–Crippen LogP) is 4.31. The van der Waals surface area contributed by atoms with Gasteiger partial charge in [0.05, 0.1) is 15.1 Å². The summed E-state index contributed by atoms with van der Waals surface area (Å²) >= 11 is 17.9. The highest BCUT2D eigenvalue weighted by Gasteiger charge is 2.12. The second-order valence-corrected chi connectivity index (χ2v) is 4.81. The van der Waals surface area contributed by atoms with Gasteiger partial charge in [-0.1, -0.05) is 40.9 Å². The smallest absolute Gasteiger partial charge is 0.255 e. The molecule has 1 aromatic carbocycles. The van der Waals surface area contributed by atoms with Gasteiger partial charge in [-0.2, -0.15) is 0 Å². The molecular weight excluding hydrogens is 280 g/mol. The number of hydrogen-bond acceptors (Lipinski definition) is 1. The van der Waals surface area contributed by atoms with Gasteiger partial charge in [-0.05, 0) is 24.6 Å². The van der Waals surface area contributed by atoms with Crippen LogP contribution < -0.4 is 5.56 Å². The van der Waals surface area contributed by atoms with E-state index in [1.165, 1.54) is 0 Å². The summed E-state index contributed by atoms with van der Waals surface area (Å²) in [7, 11) is 0. The summed E-state index contributed by atoms with van der Waals surface area (Å²) in [5.74, 6) is 0. The highest BCUT2D eigenvalue weighted by atomic mass is 35.5. The molecule has 17 heavy (non-hydrogen) atoms. The first-order chi connectivity index (χ1) is 8.00. The monoisotopic (exact) mass is 287 g/mol. The lowest BCUT2D eigenvalue weighted by atomic mass is 10.1. The molecule has 1 N–H and O–H groups in total. The second-order valence-electron chi connectivity index (χ2n) is 3.64. The summed E-state index contributed by atoms with van der Waals surface area (Å²) < 4.78 is 0. The van der Waals surface area contributed by atoms with Gasteiger partial charge in [0, 0.05) is 17.3 Å². The molecule has 2 rings (SSSR count). The van der Waals surface area contributed by atoms with E-state index in [0.717, 1.165) is 5.56 Å². The standard InChI is InChI=1S/C12H8Cl3NO/c1-6-4-8(12(17)16-5-6)7-2-3-9(13)11(15)10(7)14/h2-5H,1H3,(H,16,17). The number of pyridine rings is 1. The summed E-state index contributed by atoms with van der Waals surface area (Å²) in [5.41, 5.74) is 1.78. The third-order valence-corrected chi connectivity index (χ3v) is 3.67. The van der Waals surface area contributed by atoms with Crippen LogP contribution >= 0.6 is 34.8 Å². The number of aromatic amines is 1. The Morgan fingerprint density at radius 3 is 2.47 bits per heavy atom. The second kappa shape index (κ2) is 4.73. The fourth-order valence-corrected chi connectivity index (χ4v) is 2.16. The zero-order chi connectivity index (χ0) is 12.6. The largest absolute Gasteiger partial charge is 0.328 e. The Bertz CT molecular complexity index is 634. The van der Waals surface area contributed by atoms with Crippen molar-refractivity contribution in [1.29, 1.82) is 0 Å². The van der Waals surface area contributed by atoms with Crippen molar-refractivity contribution in [3.8, 4) is 11.1 Å². The Balaban J connectivity index is 2.73. The van der Waals surface area contributed by atoms with E-state index in [2.05, 4.69) is 4.98 Å². The average Bonchev–Trinajstić information content (AvgIpc) is 2.30. The normalized spacial score (nSPS) is 10.6. The van der Waals surface area contributed by atoms with Crippen molar-refractivity contribution in [2.24, 2.45) is 0 Å².